The van der Waals surface area contributed by atoms with Gasteiger partial charge < -0.3 is 18.1 Å². The second-order valence-corrected chi connectivity index (χ2v) is 6.88. The quantitative estimate of drug-likeness (QED) is 0.353. The van der Waals surface area contributed by atoms with Crippen molar-refractivity contribution >= 4 is 5.97 Å². The molecule has 0 aliphatic heterocycles. The van der Waals surface area contributed by atoms with Crippen molar-refractivity contribution in [1.82, 2.24) is 25.1 Å². The van der Waals surface area contributed by atoms with E-state index >= 15 is 0 Å². The SMILES string of the molecule is Cc1onc(-c2ccccc2)c1-c1nnc(COC(=O)c2ccc(Cn3cccn3)o2)o1. The normalized spacial score (nSPS) is 11.0. The first-order valence-electron chi connectivity index (χ1n) is 9.75. The molecule has 0 atom stereocenters. The van der Waals surface area contributed by atoms with E-state index < -0.39 is 5.97 Å². The molecule has 0 amide bonds. The molecule has 0 radical (unpaired) electrons. The highest BCUT2D eigenvalue weighted by atomic mass is 16.6. The highest BCUT2D eigenvalue weighted by molar-refractivity contribution is 5.86. The van der Waals surface area contributed by atoms with Crippen molar-refractivity contribution < 1.29 is 22.9 Å². The Hall–Kier alpha value is -4.47. The van der Waals surface area contributed by atoms with E-state index in [9.17, 15) is 4.79 Å². The van der Waals surface area contributed by atoms with E-state index in [0.717, 1.165) is 5.56 Å². The Kier molecular flexibility index (Phi) is 5.08. The maximum atomic E-state index is 12.3. The number of furan rings is 1. The number of aromatic nitrogens is 5. The molecule has 0 fully saturated rings. The third-order valence-electron chi connectivity index (χ3n) is 4.66. The molecule has 0 bridgehead atoms. The lowest BCUT2D eigenvalue weighted by atomic mass is 10.1. The molecule has 4 aromatic heterocycles. The van der Waals surface area contributed by atoms with Crippen molar-refractivity contribution in [3.05, 3.63) is 84.1 Å². The highest BCUT2D eigenvalue weighted by Crippen LogP contribution is 2.33. The molecule has 0 saturated heterocycles. The summed E-state index contributed by atoms with van der Waals surface area (Å²) in [6.07, 6.45) is 3.47. The topological polar surface area (TPSA) is 122 Å². The number of carbonyl (C=O) groups excluding carboxylic acids is 1. The predicted molar refractivity (Wildman–Crippen MR) is 109 cm³/mol. The predicted octanol–water partition coefficient (Wildman–Crippen LogP) is 3.89. The summed E-state index contributed by atoms with van der Waals surface area (Å²) in [6, 6.07) is 14.6. The van der Waals surface area contributed by atoms with Crippen LogP contribution in [-0.2, 0) is 17.9 Å². The fourth-order valence-corrected chi connectivity index (χ4v) is 3.15. The molecule has 10 heteroatoms. The van der Waals surface area contributed by atoms with E-state index in [1.165, 1.54) is 0 Å². The Morgan fingerprint density at radius 1 is 1.06 bits per heavy atom. The summed E-state index contributed by atoms with van der Waals surface area (Å²) >= 11 is 0. The average molecular weight is 431 g/mol. The van der Waals surface area contributed by atoms with Crippen LogP contribution < -0.4 is 0 Å². The smallest absolute Gasteiger partial charge is 0.374 e. The summed E-state index contributed by atoms with van der Waals surface area (Å²) in [5.41, 5.74) is 2.04. The van der Waals surface area contributed by atoms with Gasteiger partial charge in [-0.25, -0.2) is 4.79 Å². The van der Waals surface area contributed by atoms with Crippen molar-refractivity contribution in [2.75, 3.05) is 0 Å². The summed E-state index contributed by atoms with van der Waals surface area (Å²) in [7, 11) is 0. The van der Waals surface area contributed by atoms with Crippen LogP contribution in [0.2, 0.25) is 0 Å². The van der Waals surface area contributed by atoms with Crippen LogP contribution >= 0.6 is 0 Å². The first kappa shape index (κ1) is 19.5. The van der Waals surface area contributed by atoms with Gasteiger partial charge in [-0.2, -0.15) is 5.10 Å². The van der Waals surface area contributed by atoms with Gasteiger partial charge in [-0.05, 0) is 25.1 Å². The van der Waals surface area contributed by atoms with Gasteiger partial charge in [-0.1, -0.05) is 35.5 Å². The Morgan fingerprint density at radius 2 is 1.94 bits per heavy atom. The van der Waals surface area contributed by atoms with E-state index in [1.807, 2.05) is 30.3 Å². The van der Waals surface area contributed by atoms with Crippen LogP contribution in [0, 0.1) is 6.92 Å². The van der Waals surface area contributed by atoms with Crippen molar-refractivity contribution in [2.24, 2.45) is 0 Å². The summed E-state index contributed by atoms with van der Waals surface area (Å²) in [6.45, 7) is 1.97. The zero-order valence-corrected chi connectivity index (χ0v) is 17.0. The van der Waals surface area contributed by atoms with Gasteiger partial charge >= 0.3 is 5.97 Å². The van der Waals surface area contributed by atoms with E-state index in [2.05, 4.69) is 20.5 Å². The van der Waals surface area contributed by atoms with Crippen LogP contribution in [-0.4, -0.2) is 31.1 Å². The summed E-state index contributed by atoms with van der Waals surface area (Å²) in [5.74, 6) is 0.925. The van der Waals surface area contributed by atoms with E-state index in [-0.39, 0.29) is 24.1 Å². The number of hydrogen-bond acceptors (Lipinski definition) is 9. The monoisotopic (exact) mass is 431 g/mol. The Balaban J connectivity index is 1.26. The molecule has 0 aliphatic carbocycles. The van der Waals surface area contributed by atoms with Gasteiger partial charge in [0.25, 0.3) is 11.8 Å². The lowest BCUT2D eigenvalue weighted by Crippen LogP contribution is -2.04. The minimum absolute atomic E-state index is 0.0770. The van der Waals surface area contributed by atoms with Crippen LogP contribution in [0.25, 0.3) is 22.7 Å². The first-order valence-corrected chi connectivity index (χ1v) is 9.75. The Morgan fingerprint density at radius 3 is 2.75 bits per heavy atom. The van der Waals surface area contributed by atoms with E-state index in [0.29, 0.717) is 29.3 Å². The van der Waals surface area contributed by atoms with Crippen LogP contribution in [0.5, 0.6) is 0 Å². The van der Waals surface area contributed by atoms with Gasteiger partial charge in [0, 0.05) is 18.0 Å². The molecule has 10 nitrogen and oxygen atoms in total. The molecular weight excluding hydrogens is 414 g/mol. The fraction of sp³-hybridized carbons (Fsp3) is 0.136. The number of esters is 1. The maximum Gasteiger partial charge on any atom is 0.374 e. The highest BCUT2D eigenvalue weighted by Gasteiger charge is 2.22. The van der Waals surface area contributed by atoms with Crippen LogP contribution in [0.15, 0.2) is 74.3 Å². The van der Waals surface area contributed by atoms with Crippen LogP contribution in [0.4, 0.5) is 0 Å². The zero-order valence-electron chi connectivity index (χ0n) is 17.0. The van der Waals surface area contributed by atoms with Gasteiger partial charge in [-0.15, -0.1) is 10.2 Å². The van der Waals surface area contributed by atoms with Crippen molar-refractivity contribution in [3.8, 4) is 22.7 Å². The van der Waals surface area contributed by atoms with Gasteiger partial charge in [0.2, 0.25) is 5.76 Å². The number of nitrogens with zero attached hydrogens (tertiary/aromatic N) is 5. The molecule has 160 valence electrons. The zero-order chi connectivity index (χ0) is 21.9. The Labute approximate surface area is 181 Å². The molecule has 0 spiro atoms. The molecular formula is C22H17N5O5. The molecule has 4 heterocycles. The Bertz CT molecular complexity index is 1330. The number of rotatable bonds is 7. The third kappa shape index (κ3) is 3.93. The molecule has 5 rings (SSSR count). The second-order valence-electron chi connectivity index (χ2n) is 6.88. The molecule has 5 aromatic rings. The number of carbonyl (C=O) groups is 1. The van der Waals surface area contributed by atoms with Crippen molar-refractivity contribution in [2.45, 2.75) is 20.1 Å². The van der Waals surface area contributed by atoms with Gasteiger partial charge in [0.15, 0.2) is 6.61 Å². The molecule has 1 aromatic carbocycles. The largest absolute Gasteiger partial charge is 0.452 e. The van der Waals surface area contributed by atoms with Crippen molar-refractivity contribution in [3.63, 3.8) is 0 Å². The van der Waals surface area contributed by atoms with Crippen LogP contribution in [0.3, 0.4) is 0 Å². The standard InChI is InChI=1S/C22H17N5O5/c1-14-19(20(26-32-14)15-6-3-2-4-7-15)21-25-24-18(31-21)13-29-22(28)17-9-8-16(30-17)12-27-11-5-10-23-27/h2-11H,12-13H2,1H3. The summed E-state index contributed by atoms with van der Waals surface area (Å²) in [4.78, 5) is 12.3. The number of hydrogen-bond donors (Lipinski definition) is 0. The fourth-order valence-electron chi connectivity index (χ4n) is 3.15. The summed E-state index contributed by atoms with van der Waals surface area (Å²) in [5, 5.41) is 16.2. The van der Waals surface area contributed by atoms with Crippen LogP contribution in [0.1, 0.15) is 28.0 Å². The lowest BCUT2D eigenvalue weighted by Gasteiger charge is -2.00. The number of ether oxygens (including phenoxy) is 1. The molecule has 0 N–H and O–H groups in total. The minimum atomic E-state index is -0.636. The minimum Gasteiger partial charge on any atom is -0.452 e. The second kappa shape index (κ2) is 8.34. The van der Waals surface area contributed by atoms with Crippen molar-refractivity contribution in [1.29, 1.82) is 0 Å². The molecule has 0 aliphatic rings. The van der Waals surface area contributed by atoms with Gasteiger partial charge in [-0.3, -0.25) is 4.68 Å². The molecule has 0 saturated carbocycles. The first-order chi connectivity index (χ1) is 15.7. The summed E-state index contributed by atoms with van der Waals surface area (Å²) < 4.78 is 23.5. The van der Waals surface area contributed by atoms with E-state index in [4.69, 9.17) is 18.1 Å². The maximum absolute atomic E-state index is 12.3. The molecule has 0 unspecified atom stereocenters. The van der Waals surface area contributed by atoms with Gasteiger partial charge in [0.05, 0.1) is 6.54 Å². The number of benzene rings is 1. The molecule has 32 heavy (non-hydrogen) atoms. The average Bonchev–Trinajstić information content (AvgIpc) is 3.61. The van der Waals surface area contributed by atoms with E-state index in [1.54, 1.807) is 42.2 Å². The number of aryl methyl sites for hydroxylation is 1. The third-order valence-corrected chi connectivity index (χ3v) is 4.66. The van der Waals surface area contributed by atoms with Gasteiger partial charge in [0.1, 0.15) is 22.8 Å². The lowest BCUT2D eigenvalue weighted by molar-refractivity contribution is 0.0400.